The van der Waals surface area contributed by atoms with Crippen molar-refractivity contribution in [3.63, 3.8) is 0 Å². The number of rotatable bonds is 10. The van der Waals surface area contributed by atoms with Gasteiger partial charge in [0.2, 0.25) is 14.2 Å². The number of hydrazine groups is 1. The Hall–Kier alpha value is -1.94. The van der Waals surface area contributed by atoms with Gasteiger partial charge in [0, 0.05) is 60.4 Å². The lowest BCUT2D eigenvalue weighted by molar-refractivity contribution is -0.149. The van der Waals surface area contributed by atoms with Gasteiger partial charge in [-0.25, -0.2) is 5.01 Å². The lowest BCUT2D eigenvalue weighted by Gasteiger charge is -2.47. The first-order chi connectivity index (χ1) is 21.9. The van der Waals surface area contributed by atoms with E-state index < -0.39 is 8.32 Å². The molecule has 0 aromatic heterocycles. The molecule has 0 radical (unpaired) electrons. The van der Waals surface area contributed by atoms with Crippen molar-refractivity contribution >= 4 is 43.3 Å². The van der Waals surface area contributed by atoms with Crippen molar-refractivity contribution in [3.05, 3.63) is 57.6 Å². The number of ether oxygens (including phenoxy) is 1. The molecule has 1 unspecified atom stereocenters. The molecule has 3 heterocycles. The third-order valence-electron chi connectivity index (χ3n) is 10.5. The van der Waals surface area contributed by atoms with E-state index in [0.717, 1.165) is 55.6 Å². The van der Waals surface area contributed by atoms with Gasteiger partial charge in [0.1, 0.15) is 0 Å². The normalized spacial score (nSPS) is 20.5. The lowest BCUT2D eigenvalue weighted by Crippen LogP contribution is -2.54. The molecule has 1 atom stereocenters. The van der Waals surface area contributed by atoms with Crippen molar-refractivity contribution in [2.45, 2.75) is 90.0 Å². The zero-order chi connectivity index (χ0) is 33.2. The van der Waals surface area contributed by atoms with E-state index in [4.69, 9.17) is 32.4 Å². The highest BCUT2D eigenvalue weighted by Gasteiger charge is 2.47. The van der Waals surface area contributed by atoms with Gasteiger partial charge in [0.15, 0.2) is 0 Å². The van der Waals surface area contributed by atoms with Crippen molar-refractivity contribution in [1.29, 1.82) is 0 Å². The maximum Gasteiger partial charge on any atom is 0.254 e. The summed E-state index contributed by atoms with van der Waals surface area (Å²) >= 11 is 13.6. The summed E-state index contributed by atoms with van der Waals surface area (Å²) in [4.78, 5) is 28.3. The highest BCUT2D eigenvalue weighted by molar-refractivity contribution is 6.77. The number of nitrogens with zero attached hydrogens (tertiary/aromatic N) is 3. The summed E-state index contributed by atoms with van der Waals surface area (Å²) in [6.07, 6.45) is 3.48. The van der Waals surface area contributed by atoms with Crippen molar-refractivity contribution < 1.29 is 18.8 Å². The summed E-state index contributed by atoms with van der Waals surface area (Å²) in [6, 6.07) is 11.4. The van der Waals surface area contributed by atoms with E-state index in [0.29, 0.717) is 65.0 Å². The summed E-state index contributed by atoms with van der Waals surface area (Å²) in [5, 5.41) is 5.33. The summed E-state index contributed by atoms with van der Waals surface area (Å²) in [6.45, 7) is 18.8. The highest BCUT2D eigenvalue weighted by atomic mass is 35.5. The van der Waals surface area contributed by atoms with Gasteiger partial charge in [-0.05, 0) is 83.3 Å². The Balaban J connectivity index is 1.18. The molecule has 2 aromatic carbocycles. The average Bonchev–Trinajstić information content (AvgIpc) is 3.40. The molecule has 252 valence electrons. The molecule has 0 aliphatic carbocycles. The maximum absolute atomic E-state index is 13.6. The third-order valence-corrected chi connectivity index (χ3v) is 17.3. The Morgan fingerprint density at radius 2 is 1.41 bits per heavy atom. The maximum atomic E-state index is 13.6. The average molecular weight is 689 g/mol. The van der Waals surface area contributed by atoms with Crippen molar-refractivity contribution in [1.82, 2.24) is 14.9 Å². The van der Waals surface area contributed by atoms with Crippen LogP contribution in [0.4, 0.5) is 0 Å². The first kappa shape index (κ1) is 35.4. The van der Waals surface area contributed by atoms with Crippen LogP contribution in [0, 0.1) is 5.92 Å². The Morgan fingerprint density at radius 3 is 1.96 bits per heavy atom. The molecule has 3 saturated heterocycles. The van der Waals surface area contributed by atoms with E-state index in [-0.39, 0.29) is 23.8 Å². The second kappa shape index (κ2) is 15.1. The van der Waals surface area contributed by atoms with Gasteiger partial charge in [-0.15, -0.1) is 0 Å². The van der Waals surface area contributed by atoms with Crippen molar-refractivity contribution in [3.8, 4) is 11.1 Å². The predicted octanol–water partition coefficient (Wildman–Crippen LogP) is 8.10. The molecule has 0 spiro atoms. The van der Waals surface area contributed by atoms with Gasteiger partial charge in [-0.1, -0.05) is 76.9 Å². The number of benzene rings is 2. The van der Waals surface area contributed by atoms with Crippen molar-refractivity contribution in [2.75, 3.05) is 45.9 Å². The molecule has 0 saturated carbocycles. The molecule has 2 amide bonds. The zero-order valence-corrected chi connectivity index (χ0v) is 30.9. The fraction of sp³-hybridized carbons (Fsp3) is 0.611. The van der Waals surface area contributed by atoms with Gasteiger partial charge in [-0.2, -0.15) is 0 Å². The minimum atomic E-state index is -1.93. The minimum absolute atomic E-state index is 0.0151. The van der Waals surface area contributed by atoms with Gasteiger partial charge in [0.25, 0.3) is 5.91 Å². The van der Waals surface area contributed by atoms with Gasteiger partial charge < -0.3 is 14.1 Å². The number of piperidine rings is 1. The molecule has 46 heavy (non-hydrogen) atoms. The Kier molecular flexibility index (Phi) is 11.6. The second-order valence-corrected chi connectivity index (χ2v) is 20.4. The van der Waals surface area contributed by atoms with Crippen molar-refractivity contribution in [2.24, 2.45) is 5.92 Å². The largest absolute Gasteiger partial charge is 0.413 e. The second-order valence-electron chi connectivity index (χ2n) is 14.1. The molecule has 3 aliphatic heterocycles. The number of halogens is 2. The summed E-state index contributed by atoms with van der Waals surface area (Å²) in [7, 11) is -1.93. The van der Waals surface area contributed by atoms with E-state index in [1.165, 1.54) is 0 Å². The Bertz CT molecular complexity index is 1330. The summed E-state index contributed by atoms with van der Waals surface area (Å²) in [5.41, 5.74) is 4.98. The van der Waals surface area contributed by atoms with Crippen LogP contribution in [-0.2, 0) is 20.4 Å². The molecule has 2 aromatic rings. The summed E-state index contributed by atoms with van der Waals surface area (Å²) in [5.74, 6) is 0.0239. The number of morpholine rings is 1. The zero-order valence-electron chi connectivity index (χ0n) is 28.4. The molecule has 3 fully saturated rings. The van der Waals surface area contributed by atoms with Crippen LogP contribution in [0.15, 0.2) is 36.4 Å². The molecule has 3 aliphatic rings. The van der Waals surface area contributed by atoms with E-state index in [9.17, 15) is 9.59 Å². The standard InChI is InChI=1S/C36H51Cl2N3O4Si/c1-24(2)46(25(3)4,26(5)6)45-31-12-14-40(15-13-31)41-16-11-29(36(41)43)21-32-33(37)22-30(23-34(32)38)27-7-9-28(10-8-27)35(42)39-17-19-44-20-18-39/h7-10,22-26,29,31H,11-21H2,1-6H3. The fourth-order valence-electron chi connectivity index (χ4n) is 8.06. The van der Waals surface area contributed by atoms with E-state index in [2.05, 4.69) is 46.6 Å². The van der Waals surface area contributed by atoms with Gasteiger partial charge in [0.05, 0.1) is 13.2 Å². The third kappa shape index (κ3) is 7.37. The predicted molar refractivity (Wildman–Crippen MR) is 189 cm³/mol. The molecular formula is C36H51Cl2N3O4Si. The van der Waals surface area contributed by atoms with E-state index in [1.54, 1.807) is 0 Å². The Morgan fingerprint density at radius 1 is 0.848 bits per heavy atom. The van der Waals surface area contributed by atoms with Crippen LogP contribution < -0.4 is 0 Å². The number of amides is 2. The number of carbonyl (C=O) groups is 2. The molecular weight excluding hydrogens is 637 g/mol. The first-order valence-electron chi connectivity index (χ1n) is 17.1. The van der Waals surface area contributed by atoms with Crippen LogP contribution in [0.25, 0.3) is 11.1 Å². The first-order valence-corrected chi connectivity index (χ1v) is 20.0. The van der Waals surface area contributed by atoms with Crippen LogP contribution in [0.1, 0.15) is 76.7 Å². The van der Waals surface area contributed by atoms with Gasteiger partial charge >= 0.3 is 0 Å². The SMILES string of the molecule is CC(C)[Si](OC1CCN(N2CCC(Cc3c(Cl)cc(-c4ccc(C(=O)N5CCOCC5)cc4)cc3Cl)C2=O)CC1)(C(C)C)C(C)C. The molecule has 0 bridgehead atoms. The van der Waals surface area contributed by atoms with Crippen LogP contribution in [0.5, 0.6) is 0 Å². The lowest BCUT2D eigenvalue weighted by atomic mass is 9.95. The smallest absolute Gasteiger partial charge is 0.254 e. The van der Waals surface area contributed by atoms with Crippen LogP contribution in [0.3, 0.4) is 0 Å². The number of hydrogen-bond acceptors (Lipinski definition) is 5. The van der Waals surface area contributed by atoms with Crippen LogP contribution in [0.2, 0.25) is 26.7 Å². The molecule has 5 rings (SSSR count). The highest BCUT2D eigenvalue weighted by Crippen LogP contribution is 2.44. The van der Waals surface area contributed by atoms with Crippen LogP contribution in [-0.4, -0.2) is 87.1 Å². The van der Waals surface area contributed by atoms with Gasteiger partial charge in [-0.3, -0.25) is 14.6 Å². The molecule has 10 heteroatoms. The number of hydrogen-bond donors (Lipinski definition) is 0. The molecule has 7 nitrogen and oxygen atoms in total. The van der Waals surface area contributed by atoms with E-state index in [1.807, 2.05) is 46.3 Å². The number of carbonyl (C=O) groups excluding carboxylic acids is 2. The topological polar surface area (TPSA) is 62.3 Å². The minimum Gasteiger partial charge on any atom is -0.413 e. The fourth-order valence-corrected chi connectivity index (χ4v) is 14.3. The molecule has 0 N–H and O–H groups in total. The van der Waals surface area contributed by atoms with E-state index >= 15 is 0 Å². The summed E-state index contributed by atoms with van der Waals surface area (Å²) < 4.78 is 12.4. The quantitative estimate of drug-likeness (QED) is 0.236. The monoisotopic (exact) mass is 687 g/mol. The van der Waals surface area contributed by atoms with Crippen LogP contribution >= 0.6 is 23.2 Å². The Labute approximate surface area is 286 Å².